The third kappa shape index (κ3) is 5.47. The lowest BCUT2D eigenvalue weighted by Crippen LogP contribution is -2.32. The van der Waals surface area contributed by atoms with Crippen molar-refractivity contribution in [3.8, 4) is 11.8 Å². The Morgan fingerprint density at radius 3 is 2.79 bits per heavy atom. The van der Waals surface area contributed by atoms with Crippen molar-refractivity contribution >= 4 is 51.3 Å². The predicted molar refractivity (Wildman–Crippen MR) is 122 cm³/mol. The number of nitrogens with zero attached hydrogens (tertiary/aromatic N) is 2. The summed E-state index contributed by atoms with van der Waals surface area (Å²) < 4.78 is 5.51. The molecule has 0 amide bonds. The fourth-order valence-corrected chi connectivity index (χ4v) is 3.11. The summed E-state index contributed by atoms with van der Waals surface area (Å²) >= 11 is 11.4. The van der Waals surface area contributed by atoms with E-state index in [0.717, 1.165) is 22.3 Å². The van der Waals surface area contributed by atoms with Crippen molar-refractivity contribution in [2.75, 3.05) is 30.3 Å². The summed E-state index contributed by atoms with van der Waals surface area (Å²) in [5.41, 5.74) is 2.01. The summed E-state index contributed by atoms with van der Waals surface area (Å²) in [6.07, 6.45) is 0. The Bertz CT molecular complexity index is 1070. The molecular formula is C21H20ClN5OS. The Hall–Kier alpha value is -3.08. The fourth-order valence-electron chi connectivity index (χ4n) is 2.72. The number of nitriles is 1. The van der Waals surface area contributed by atoms with Crippen molar-refractivity contribution < 1.29 is 4.74 Å². The molecule has 0 atom stereocenters. The third-order valence-electron chi connectivity index (χ3n) is 4.04. The molecule has 1 aromatic heterocycles. The van der Waals surface area contributed by atoms with Crippen molar-refractivity contribution in [1.82, 2.24) is 10.3 Å². The Morgan fingerprint density at radius 1 is 1.21 bits per heavy atom. The van der Waals surface area contributed by atoms with E-state index in [1.165, 1.54) is 0 Å². The Kier molecular flexibility index (Phi) is 7.06. The quantitative estimate of drug-likeness (QED) is 0.378. The van der Waals surface area contributed by atoms with E-state index in [1.54, 1.807) is 6.07 Å². The van der Waals surface area contributed by atoms with Crippen LogP contribution in [0.5, 0.6) is 5.75 Å². The van der Waals surface area contributed by atoms with Crippen LogP contribution in [0.3, 0.4) is 0 Å². The molecule has 8 heteroatoms. The van der Waals surface area contributed by atoms with Crippen LogP contribution in [0.4, 0.5) is 11.5 Å². The minimum atomic E-state index is 0.468. The van der Waals surface area contributed by atoms with E-state index >= 15 is 0 Å². The van der Waals surface area contributed by atoms with Gasteiger partial charge in [-0.25, -0.2) is 4.98 Å². The first kappa shape index (κ1) is 20.6. The van der Waals surface area contributed by atoms with Gasteiger partial charge in [0, 0.05) is 18.5 Å². The maximum absolute atomic E-state index is 9.47. The van der Waals surface area contributed by atoms with E-state index in [9.17, 15) is 5.26 Å². The molecule has 29 heavy (non-hydrogen) atoms. The second kappa shape index (κ2) is 9.92. The Labute approximate surface area is 179 Å². The average molecular weight is 426 g/mol. The number of benzene rings is 2. The number of halogens is 1. The van der Waals surface area contributed by atoms with Gasteiger partial charge in [-0.1, -0.05) is 23.7 Å². The molecular weight excluding hydrogens is 406 g/mol. The van der Waals surface area contributed by atoms with Gasteiger partial charge in [0.05, 0.1) is 28.4 Å². The normalized spacial score (nSPS) is 10.2. The molecule has 0 unspecified atom stereocenters. The van der Waals surface area contributed by atoms with Gasteiger partial charge in [0.15, 0.2) is 5.11 Å². The molecule has 3 aromatic rings. The second-order valence-corrected chi connectivity index (χ2v) is 6.89. The minimum Gasteiger partial charge on any atom is -0.494 e. The average Bonchev–Trinajstić information content (AvgIpc) is 2.72. The number of aromatic nitrogens is 1. The molecule has 1 heterocycles. The van der Waals surface area contributed by atoms with Crippen LogP contribution < -0.4 is 20.7 Å². The van der Waals surface area contributed by atoms with Gasteiger partial charge in [-0.2, -0.15) is 5.26 Å². The highest BCUT2D eigenvalue weighted by atomic mass is 35.5. The predicted octanol–water partition coefficient (Wildman–Crippen LogP) is 4.56. The molecule has 0 saturated carbocycles. The third-order valence-corrected chi connectivity index (χ3v) is 4.62. The number of hydrogen-bond acceptors (Lipinski definition) is 5. The van der Waals surface area contributed by atoms with Crippen molar-refractivity contribution in [3.05, 3.63) is 59.1 Å². The number of thiocarbonyl (C=S) groups is 1. The lowest BCUT2D eigenvalue weighted by atomic mass is 10.1. The number of fused-ring (bicyclic) bond motifs is 1. The molecule has 0 spiro atoms. The molecule has 3 N–H and O–H groups in total. The zero-order chi connectivity index (χ0) is 20.6. The molecule has 0 bridgehead atoms. The molecule has 0 saturated heterocycles. The molecule has 148 valence electrons. The molecule has 3 rings (SSSR count). The molecule has 0 radical (unpaired) electrons. The van der Waals surface area contributed by atoms with Crippen LogP contribution >= 0.6 is 23.8 Å². The lowest BCUT2D eigenvalue weighted by molar-refractivity contribution is 0.340. The minimum absolute atomic E-state index is 0.468. The SMILES string of the molecule is CCOc1ccc2nc(NCCNC(=S)Nc3ccccc3Cl)c(C#N)cc2c1. The van der Waals surface area contributed by atoms with Crippen LogP contribution in [-0.4, -0.2) is 29.8 Å². The lowest BCUT2D eigenvalue weighted by Gasteiger charge is -2.13. The van der Waals surface area contributed by atoms with Gasteiger partial charge in [0.2, 0.25) is 0 Å². The zero-order valence-electron chi connectivity index (χ0n) is 15.8. The summed E-state index contributed by atoms with van der Waals surface area (Å²) in [7, 11) is 0. The van der Waals surface area contributed by atoms with E-state index in [4.69, 9.17) is 28.6 Å². The summed E-state index contributed by atoms with van der Waals surface area (Å²) in [5, 5.41) is 20.7. The van der Waals surface area contributed by atoms with Gasteiger partial charge in [0.1, 0.15) is 17.6 Å². The molecule has 6 nitrogen and oxygen atoms in total. The number of para-hydroxylation sites is 1. The van der Waals surface area contributed by atoms with Crippen molar-refractivity contribution in [1.29, 1.82) is 5.26 Å². The molecule has 0 aliphatic rings. The van der Waals surface area contributed by atoms with E-state index in [2.05, 4.69) is 27.0 Å². The first-order valence-electron chi connectivity index (χ1n) is 9.11. The van der Waals surface area contributed by atoms with Gasteiger partial charge in [0.25, 0.3) is 0 Å². The van der Waals surface area contributed by atoms with Crippen LogP contribution in [0.2, 0.25) is 5.02 Å². The maximum Gasteiger partial charge on any atom is 0.170 e. The molecule has 0 fully saturated rings. The number of ether oxygens (including phenoxy) is 1. The van der Waals surface area contributed by atoms with Crippen LogP contribution in [0.25, 0.3) is 10.9 Å². The smallest absolute Gasteiger partial charge is 0.170 e. The highest BCUT2D eigenvalue weighted by Crippen LogP contribution is 2.24. The van der Waals surface area contributed by atoms with Gasteiger partial charge < -0.3 is 20.7 Å². The van der Waals surface area contributed by atoms with Crippen LogP contribution in [-0.2, 0) is 0 Å². The summed E-state index contributed by atoms with van der Waals surface area (Å²) in [6, 6.07) is 17.0. The second-order valence-electron chi connectivity index (χ2n) is 6.07. The molecule has 0 aliphatic carbocycles. The summed E-state index contributed by atoms with van der Waals surface area (Å²) in [5.74, 6) is 1.30. The summed E-state index contributed by atoms with van der Waals surface area (Å²) in [4.78, 5) is 4.56. The van der Waals surface area contributed by atoms with Gasteiger partial charge in [-0.05, 0) is 55.5 Å². The first-order valence-corrected chi connectivity index (χ1v) is 9.90. The van der Waals surface area contributed by atoms with E-state index in [1.807, 2.05) is 49.4 Å². The Morgan fingerprint density at radius 2 is 2.03 bits per heavy atom. The van der Waals surface area contributed by atoms with Gasteiger partial charge >= 0.3 is 0 Å². The molecule has 2 aromatic carbocycles. The van der Waals surface area contributed by atoms with Gasteiger partial charge in [-0.15, -0.1) is 0 Å². The summed E-state index contributed by atoms with van der Waals surface area (Å²) in [6.45, 7) is 3.60. The number of hydrogen-bond donors (Lipinski definition) is 3. The number of pyridine rings is 1. The first-order chi connectivity index (χ1) is 14.1. The zero-order valence-corrected chi connectivity index (χ0v) is 17.4. The van der Waals surface area contributed by atoms with Gasteiger partial charge in [-0.3, -0.25) is 0 Å². The maximum atomic E-state index is 9.47. The van der Waals surface area contributed by atoms with Crippen molar-refractivity contribution in [2.45, 2.75) is 6.92 Å². The van der Waals surface area contributed by atoms with E-state index in [0.29, 0.717) is 41.2 Å². The van der Waals surface area contributed by atoms with Crippen molar-refractivity contribution in [3.63, 3.8) is 0 Å². The van der Waals surface area contributed by atoms with Crippen LogP contribution in [0.1, 0.15) is 12.5 Å². The van der Waals surface area contributed by atoms with E-state index in [-0.39, 0.29) is 0 Å². The highest BCUT2D eigenvalue weighted by molar-refractivity contribution is 7.80. The topological polar surface area (TPSA) is 82.0 Å². The van der Waals surface area contributed by atoms with Crippen LogP contribution in [0.15, 0.2) is 48.5 Å². The molecule has 0 aliphatic heterocycles. The standard InChI is InChI=1S/C21H20ClN5OS/c1-2-28-16-7-8-18-14(12-16)11-15(13-23)20(26-18)24-9-10-25-21(29)27-19-6-4-3-5-17(19)22/h3-8,11-12H,2,9-10H2,1H3,(H,24,26)(H2,25,27,29). The number of nitrogens with one attached hydrogen (secondary N) is 3. The Balaban J connectivity index is 1.58. The fraction of sp³-hybridized carbons (Fsp3) is 0.190. The number of anilines is 2. The monoisotopic (exact) mass is 425 g/mol. The van der Waals surface area contributed by atoms with Crippen LogP contribution in [0, 0.1) is 11.3 Å². The van der Waals surface area contributed by atoms with E-state index < -0.39 is 0 Å². The largest absolute Gasteiger partial charge is 0.494 e. The highest BCUT2D eigenvalue weighted by Gasteiger charge is 2.08. The number of rotatable bonds is 7. The van der Waals surface area contributed by atoms with Crippen molar-refractivity contribution in [2.24, 2.45) is 0 Å².